The summed E-state index contributed by atoms with van der Waals surface area (Å²) in [4.78, 5) is 16.7. The molecule has 2 aromatic heterocycles. The van der Waals surface area contributed by atoms with E-state index >= 15 is 0 Å². The zero-order valence-electron chi connectivity index (χ0n) is 12.8. The Kier molecular flexibility index (Phi) is 4.52. The molecule has 1 aromatic carbocycles. The lowest BCUT2D eigenvalue weighted by Crippen LogP contribution is -2.32. The van der Waals surface area contributed by atoms with Crippen molar-refractivity contribution in [1.82, 2.24) is 20.1 Å². The predicted octanol–water partition coefficient (Wildman–Crippen LogP) is 2.81. The lowest BCUT2D eigenvalue weighted by molar-refractivity contribution is -0.124. The zero-order valence-corrected chi connectivity index (χ0v) is 12.8. The number of amides is 1. The highest BCUT2D eigenvalue weighted by Gasteiger charge is 2.18. The quantitative estimate of drug-likeness (QED) is 0.760. The van der Waals surface area contributed by atoms with E-state index in [2.05, 4.69) is 15.4 Å². The molecule has 0 aliphatic carbocycles. The first-order valence-electron chi connectivity index (χ1n) is 7.54. The minimum atomic E-state index is -0.314. The second-order valence-corrected chi connectivity index (χ2v) is 5.14. The largest absolute Gasteiger partial charge is 0.444 e. The maximum absolute atomic E-state index is 12.3. The molecule has 3 aromatic rings. The molecule has 0 saturated carbocycles. The van der Waals surface area contributed by atoms with E-state index < -0.39 is 0 Å². The molecule has 1 atom stereocenters. The second kappa shape index (κ2) is 6.91. The van der Waals surface area contributed by atoms with Crippen LogP contribution in [0.25, 0.3) is 11.5 Å². The van der Waals surface area contributed by atoms with Crippen molar-refractivity contribution >= 4 is 5.91 Å². The van der Waals surface area contributed by atoms with E-state index in [1.165, 1.54) is 0 Å². The fourth-order valence-electron chi connectivity index (χ4n) is 2.35. The third-order valence-electron chi connectivity index (χ3n) is 3.55. The summed E-state index contributed by atoms with van der Waals surface area (Å²) < 4.78 is 7.12. The topological polar surface area (TPSA) is 73.0 Å². The molecule has 2 heterocycles. The molecular weight excluding hydrogens is 292 g/mol. The van der Waals surface area contributed by atoms with Gasteiger partial charge in [-0.25, -0.2) is 4.98 Å². The van der Waals surface area contributed by atoms with Crippen LogP contribution in [0.5, 0.6) is 0 Å². The number of rotatable bonds is 6. The van der Waals surface area contributed by atoms with Crippen molar-refractivity contribution in [3.63, 3.8) is 0 Å². The van der Waals surface area contributed by atoms with Gasteiger partial charge in [0.05, 0.1) is 12.2 Å². The highest BCUT2D eigenvalue weighted by Crippen LogP contribution is 2.18. The van der Waals surface area contributed by atoms with Gasteiger partial charge in [0, 0.05) is 18.0 Å². The number of carbonyl (C=O) groups excluding carboxylic acids is 1. The first kappa shape index (κ1) is 15.0. The third-order valence-corrected chi connectivity index (χ3v) is 3.55. The average Bonchev–Trinajstić information content (AvgIpc) is 3.26. The van der Waals surface area contributed by atoms with Crippen LogP contribution >= 0.6 is 0 Å². The number of nitrogens with one attached hydrogen (secondary N) is 1. The summed E-state index contributed by atoms with van der Waals surface area (Å²) >= 11 is 0. The standard InChI is InChI=1S/C17H18N4O2/c1-2-15(21-10-6-9-19-21)16(22)18-11-14-12-23-17(20-14)13-7-4-3-5-8-13/h3-10,12,15H,2,11H2,1H3,(H,18,22)/t15-/m1/s1. The molecule has 3 rings (SSSR count). The maximum Gasteiger partial charge on any atom is 0.245 e. The molecular formula is C17H18N4O2. The molecule has 118 valence electrons. The molecule has 1 amide bonds. The molecule has 23 heavy (non-hydrogen) atoms. The molecule has 6 nitrogen and oxygen atoms in total. The number of nitrogens with zero attached hydrogens (tertiary/aromatic N) is 3. The lowest BCUT2D eigenvalue weighted by atomic mass is 10.2. The molecule has 0 radical (unpaired) electrons. The molecule has 0 saturated heterocycles. The molecule has 6 heteroatoms. The van der Waals surface area contributed by atoms with Crippen molar-refractivity contribution in [2.24, 2.45) is 0 Å². The van der Waals surface area contributed by atoms with Gasteiger partial charge in [-0.1, -0.05) is 25.1 Å². The Balaban J connectivity index is 1.62. The maximum atomic E-state index is 12.3. The molecule has 1 N–H and O–H groups in total. The number of benzene rings is 1. The number of aromatic nitrogens is 3. The summed E-state index contributed by atoms with van der Waals surface area (Å²) in [6.07, 6.45) is 5.69. The van der Waals surface area contributed by atoms with Crippen LogP contribution in [0.15, 0.2) is 59.5 Å². The Hall–Kier alpha value is -2.89. The van der Waals surface area contributed by atoms with Crippen LogP contribution in [0.1, 0.15) is 25.1 Å². The monoisotopic (exact) mass is 310 g/mol. The van der Waals surface area contributed by atoms with E-state index in [1.54, 1.807) is 29.4 Å². The van der Waals surface area contributed by atoms with Crippen molar-refractivity contribution in [3.8, 4) is 11.5 Å². The van der Waals surface area contributed by atoms with Gasteiger partial charge in [-0.2, -0.15) is 5.10 Å². The van der Waals surface area contributed by atoms with Gasteiger partial charge >= 0.3 is 0 Å². The van der Waals surface area contributed by atoms with Gasteiger partial charge in [-0.05, 0) is 24.6 Å². The van der Waals surface area contributed by atoms with Crippen LogP contribution in [0.2, 0.25) is 0 Å². The van der Waals surface area contributed by atoms with Gasteiger partial charge in [0.2, 0.25) is 11.8 Å². The van der Waals surface area contributed by atoms with E-state index in [9.17, 15) is 4.79 Å². The van der Waals surface area contributed by atoms with Crippen molar-refractivity contribution in [3.05, 3.63) is 60.7 Å². The van der Waals surface area contributed by atoms with E-state index in [0.717, 1.165) is 5.56 Å². The molecule has 0 spiro atoms. The van der Waals surface area contributed by atoms with Gasteiger partial charge < -0.3 is 9.73 Å². The molecule has 0 bridgehead atoms. The van der Waals surface area contributed by atoms with Crippen LogP contribution < -0.4 is 5.32 Å². The fourth-order valence-corrected chi connectivity index (χ4v) is 2.35. The van der Waals surface area contributed by atoms with Crippen LogP contribution in [-0.4, -0.2) is 20.7 Å². The van der Waals surface area contributed by atoms with E-state index in [0.29, 0.717) is 24.6 Å². The van der Waals surface area contributed by atoms with E-state index in [1.807, 2.05) is 37.3 Å². The summed E-state index contributed by atoms with van der Waals surface area (Å²) in [5.41, 5.74) is 1.60. The minimum absolute atomic E-state index is 0.0829. The summed E-state index contributed by atoms with van der Waals surface area (Å²) in [7, 11) is 0. The first-order valence-corrected chi connectivity index (χ1v) is 7.54. The summed E-state index contributed by atoms with van der Waals surface area (Å²) in [6, 6.07) is 11.1. The Labute approximate surface area is 134 Å². The van der Waals surface area contributed by atoms with Gasteiger partial charge in [-0.15, -0.1) is 0 Å². The Morgan fingerprint density at radius 2 is 2.13 bits per heavy atom. The summed E-state index contributed by atoms with van der Waals surface area (Å²) in [6.45, 7) is 2.28. The first-order chi connectivity index (χ1) is 11.3. The van der Waals surface area contributed by atoms with E-state index in [-0.39, 0.29) is 11.9 Å². The third kappa shape index (κ3) is 3.48. The summed E-state index contributed by atoms with van der Waals surface area (Å²) in [5, 5.41) is 7.01. The number of hydrogen-bond acceptors (Lipinski definition) is 4. The summed E-state index contributed by atoms with van der Waals surface area (Å²) in [5.74, 6) is 0.467. The number of carbonyl (C=O) groups is 1. The molecule has 0 aliphatic rings. The minimum Gasteiger partial charge on any atom is -0.444 e. The normalized spacial score (nSPS) is 12.0. The Morgan fingerprint density at radius 3 is 2.83 bits per heavy atom. The van der Waals surface area contributed by atoms with Crippen molar-refractivity contribution in [2.75, 3.05) is 0 Å². The molecule has 0 fully saturated rings. The average molecular weight is 310 g/mol. The van der Waals surface area contributed by atoms with Gasteiger partial charge in [0.25, 0.3) is 0 Å². The van der Waals surface area contributed by atoms with Crippen LogP contribution in [0.4, 0.5) is 0 Å². The number of oxazole rings is 1. The van der Waals surface area contributed by atoms with E-state index in [4.69, 9.17) is 4.42 Å². The highest BCUT2D eigenvalue weighted by molar-refractivity contribution is 5.80. The molecule has 0 unspecified atom stereocenters. The van der Waals surface area contributed by atoms with Gasteiger partial charge in [-0.3, -0.25) is 9.48 Å². The fraction of sp³-hybridized carbons (Fsp3) is 0.235. The van der Waals surface area contributed by atoms with Crippen molar-refractivity contribution in [1.29, 1.82) is 0 Å². The van der Waals surface area contributed by atoms with Crippen molar-refractivity contribution < 1.29 is 9.21 Å². The van der Waals surface area contributed by atoms with Gasteiger partial charge in [0.15, 0.2) is 0 Å². The lowest BCUT2D eigenvalue weighted by Gasteiger charge is -2.14. The van der Waals surface area contributed by atoms with Crippen molar-refractivity contribution in [2.45, 2.75) is 25.9 Å². The Bertz CT molecular complexity index is 750. The second-order valence-electron chi connectivity index (χ2n) is 5.14. The molecule has 0 aliphatic heterocycles. The SMILES string of the molecule is CC[C@H](C(=O)NCc1coc(-c2ccccc2)n1)n1cccn1. The van der Waals surface area contributed by atoms with Gasteiger partial charge in [0.1, 0.15) is 12.3 Å². The zero-order chi connectivity index (χ0) is 16.1. The predicted molar refractivity (Wildman–Crippen MR) is 85.3 cm³/mol. The highest BCUT2D eigenvalue weighted by atomic mass is 16.3. The smallest absolute Gasteiger partial charge is 0.245 e. The number of hydrogen-bond donors (Lipinski definition) is 1. The van der Waals surface area contributed by atoms with Crippen LogP contribution in [0, 0.1) is 0 Å². The Morgan fingerprint density at radius 1 is 1.30 bits per heavy atom. The van der Waals surface area contributed by atoms with Crippen LogP contribution in [0.3, 0.4) is 0 Å². The van der Waals surface area contributed by atoms with Crippen LogP contribution in [-0.2, 0) is 11.3 Å².